The summed E-state index contributed by atoms with van der Waals surface area (Å²) in [5.74, 6) is 0.653. The fourth-order valence-electron chi connectivity index (χ4n) is 0.712. The van der Waals surface area contributed by atoms with Crippen LogP contribution in [0.3, 0.4) is 0 Å². The number of hydrogen-bond donors (Lipinski definition) is 0. The predicted octanol–water partition coefficient (Wildman–Crippen LogP) is 2.12. The number of amidine groups is 1. The molecule has 1 aliphatic rings. The Morgan fingerprint density at radius 3 is 2.91 bits per heavy atom. The summed E-state index contributed by atoms with van der Waals surface area (Å²) < 4.78 is 0. The topological polar surface area (TPSA) is 24.7 Å². The van der Waals surface area contributed by atoms with Crippen LogP contribution in [-0.2, 0) is 0 Å². The number of dihydropyridines is 1. The molecule has 0 N–H and O–H groups in total. The minimum Gasteiger partial charge on any atom is -0.237 e. The minimum absolute atomic E-state index is 0.653. The fraction of sp³-hybridized carbons (Fsp3) is 0.111. The standard InChI is InChI=1S/C9H10N2/c1-7(2)11-9-8(3)5-4-6-10-9/h4-6H,1,3H2,2H3. The lowest BCUT2D eigenvalue weighted by Gasteiger charge is -2.02. The third kappa shape index (κ3) is 2.00. The molecule has 1 aliphatic heterocycles. The molecule has 0 saturated heterocycles. The van der Waals surface area contributed by atoms with Crippen LogP contribution >= 0.6 is 0 Å². The van der Waals surface area contributed by atoms with E-state index in [1.807, 2.05) is 19.1 Å². The van der Waals surface area contributed by atoms with Crippen LogP contribution in [0.5, 0.6) is 0 Å². The van der Waals surface area contributed by atoms with Gasteiger partial charge in [0, 0.05) is 17.5 Å². The van der Waals surface area contributed by atoms with Crippen LogP contribution < -0.4 is 0 Å². The second-order valence-corrected chi connectivity index (χ2v) is 2.33. The van der Waals surface area contributed by atoms with Gasteiger partial charge < -0.3 is 0 Å². The Morgan fingerprint density at radius 2 is 2.36 bits per heavy atom. The Balaban J connectivity index is 2.90. The Hall–Kier alpha value is -1.44. The Labute approximate surface area is 66.4 Å². The van der Waals surface area contributed by atoms with Crippen molar-refractivity contribution in [2.75, 3.05) is 0 Å². The van der Waals surface area contributed by atoms with E-state index < -0.39 is 0 Å². The molecule has 0 saturated carbocycles. The van der Waals surface area contributed by atoms with Crippen LogP contribution in [0.1, 0.15) is 6.92 Å². The Morgan fingerprint density at radius 1 is 1.64 bits per heavy atom. The number of nitrogens with zero attached hydrogens (tertiary/aromatic N) is 2. The van der Waals surface area contributed by atoms with Crippen LogP contribution in [0.2, 0.25) is 0 Å². The molecule has 2 heteroatoms. The highest BCUT2D eigenvalue weighted by atomic mass is 14.9. The molecule has 2 nitrogen and oxygen atoms in total. The maximum Gasteiger partial charge on any atom is 0.158 e. The highest BCUT2D eigenvalue weighted by Gasteiger charge is 2.00. The van der Waals surface area contributed by atoms with Gasteiger partial charge in [0.2, 0.25) is 0 Å². The molecule has 11 heavy (non-hydrogen) atoms. The average molecular weight is 146 g/mol. The lowest BCUT2D eigenvalue weighted by atomic mass is 10.2. The smallest absolute Gasteiger partial charge is 0.158 e. The zero-order valence-corrected chi connectivity index (χ0v) is 6.54. The van der Waals surface area contributed by atoms with Gasteiger partial charge in [-0.2, -0.15) is 0 Å². The van der Waals surface area contributed by atoms with E-state index in [-0.39, 0.29) is 0 Å². The van der Waals surface area contributed by atoms with E-state index in [1.165, 1.54) is 0 Å². The monoisotopic (exact) mass is 146 g/mol. The number of aliphatic imine (C=N–C) groups is 2. The Kier molecular flexibility index (Phi) is 2.16. The number of allylic oxidation sites excluding steroid dienone is 2. The van der Waals surface area contributed by atoms with Gasteiger partial charge in [0.05, 0.1) is 0 Å². The predicted molar refractivity (Wildman–Crippen MR) is 49.0 cm³/mol. The van der Waals surface area contributed by atoms with Crippen LogP contribution in [0, 0.1) is 0 Å². The van der Waals surface area contributed by atoms with E-state index >= 15 is 0 Å². The van der Waals surface area contributed by atoms with Crippen molar-refractivity contribution in [3.05, 3.63) is 36.6 Å². The average Bonchev–Trinajstić information content (AvgIpc) is 1.93. The molecule has 0 amide bonds. The van der Waals surface area contributed by atoms with E-state index in [4.69, 9.17) is 0 Å². The zero-order valence-electron chi connectivity index (χ0n) is 6.54. The van der Waals surface area contributed by atoms with Gasteiger partial charge in [-0.05, 0) is 13.0 Å². The summed E-state index contributed by atoms with van der Waals surface area (Å²) in [6.07, 6.45) is 5.39. The highest BCUT2D eigenvalue weighted by molar-refractivity contribution is 6.08. The molecule has 0 aromatic rings. The first kappa shape index (κ1) is 7.66. The maximum absolute atomic E-state index is 4.09. The van der Waals surface area contributed by atoms with Crippen LogP contribution in [0.15, 0.2) is 46.6 Å². The molecule has 1 heterocycles. The number of hydrogen-bond acceptors (Lipinski definition) is 1. The Bertz CT molecular complexity index is 280. The van der Waals surface area contributed by atoms with Crippen molar-refractivity contribution in [3.8, 4) is 0 Å². The summed E-state index contributed by atoms with van der Waals surface area (Å²) in [5, 5.41) is 0. The maximum atomic E-state index is 4.09. The van der Waals surface area contributed by atoms with Crippen molar-refractivity contribution in [1.29, 1.82) is 0 Å². The summed E-state index contributed by atoms with van der Waals surface area (Å²) in [7, 11) is 0. The summed E-state index contributed by atoms with van der Waals surface area (Å²) in [5.41, 5.74) is 1.57. The molecule has 0 aliphatic carbocycles. The molecular weight excluding hydrogens is 136 g/mol. The third-order valence-electron chi connectivity index (χ3n) is 1.16. The summed E-state index contributed by atoms with van der Waals surface area (Å²) in [4.78, 5) is 8.12. The molecule has 1 rings (SSSR count). The van der Waals surface area contributed by atoms with Crippen molar-refractivity contribution in [1.82, 2.24) is 0 Å². The quantitative estimate of drug-likeness (QED) is 0.541. The molecule has 0 aromatic heterocycles. The van der Waals surface area contributed by atoms with Crippen LogP contribution in [0.25, 0.3) is 0 Å². The first-order valence-electron chi connectivity index (χ1n) is 3.34. The van der Waals surface area contributed by atoms with Crippen molar-refractivity contribution in [2.24, 2.45) is 9.98 Å². The fourth-order valence-corrected chi connectivity index (χ4v) is 0.712. The summed E-state index contributed by atoms with van der Waals surface area (Å²) in [6, 6.07) is 0. The molecule has 0 atom stereocenters. The molecule has 56 valence electrons. The van der Waals surface area contributed by atoms with Gasteiger partial charge in [-0.15, -0.1) is 0 Å². The van der Waals surface area contributed by atoms with Gasteiger partial charge in [-0.3, -0.25) is 0 Å². The van der Waals surface area contributed by atoms with Gasteiger partial charge in [-0.1, -0.05) is 19.2 Å². The van der Waals surface area contributed by atoms with Crippen molar-refractivity contribution in [2.45, 2.75) is 6.92 Å². The SMILES string of the molecule is C=C(C)N=C1N=CC=CC1=C. The minimum atomic E-state index is 0.653. The normalized spacial score (nSPS) is 19.4. The van der Waals surface area contributed by atoms with E-state index in [0.717, 1.165) is 11.3 Å². The van der Waals surface area contributed by atoms with Crippen LogP contribution in [-0.4, -0.2) is 12.1 Å². The molecule has 0 aromatic carbocycles. The van der Waals surface area contributed by atoms with E-state index in [2.05, 4.69) is 23.1 Å². The highest BCUT2D eigenvalue weighted by Crippen LogP contribution is 2.05. The van der Waals surface area contributed by atoms with E-state index in [0.29, 0.717) is 5.84 Å². The van der Waals surface area contributed by atoms with Crippen molar-refractivity contribution >= 4 is 12.1 Å². The molecule has 0 bridgehead atoms. The van der Waals surface area contributed by atoms with Gasteiger partial charge >= 0.3 is 0 Å². The van der Waals surface area contributed by atoms with Crippen molar-refractivity contribution < 1.29 is 0 Å². The largest absolute Gasteiger partial charge is 0.237 e. The second kappa shape index (κ2) is 3.10. The lowest BCUT2D eigenvalue weighted by molar-refractivity contribution is 1.30. The van der Waals surface area contributed by atoms with Crippen molar-refractivity contribution in [3.63, 3.8) is 0 Å². The lowest BCUT2D eigenvalue weighted by Crippen LogP contribution is -2.00. The summed E-state index contributed by atoms with van der Waals surface area (Å²) in [6.45, 7) is 9.26. The van der Waals surface area contributed by atoms with E-state index in [1.54, 1.807) is 6.21 Å². The third-order valence-corrected chi connectivity index (χ3v) is 1.16. The van der Waals surface area contributed by atoms with E-state index in [9.17, 15) is 0 Å². The van der Waals surface area contributed by atoms with Gasteiger partial charge in [0.1, 0.15) is 0 Å². The molecule has 0 unspecified atom stereocenters. The van der Waals surface area contributed by atoms with Gasteiger partial charge in [0.25, 0.3) is 0 Å². The van der Waals surface area contributed by atoms with Crippen LogP contribution in [0.4, 0.5) is 0 Å². The molecular formula is C9H10N2. The molecule has 0 radical (unpaired) electrons. The number of rotatable bonds is 1. The molecule has 0 spiro atoms. The molecule has 0 fully saturated rings. The second-order valence-electron chi connectivity index (χ2n) is 2.33. The first-order valence-corrected chi connectivity index (χ1v) is 3.34. The first-order chi connectivity index (χ1) is 5.20. The van der Waals surface area contributed by atoms with Gasteiger partial charge in [-0.25, -0.2) is 9.98 Å². The zero-order chi connectivity index (χ0) is 8.27. The summed E-state index contributed by atoms with van der Waals surface area (Å²) >= 11 is 0. The van der Waals surface area contributed by atoms with Gasteiger partial charge in [0.15, 0.2) is 5.84 Å².